The lowest BCUT2D eigenvalue weighted by Gasteiger charge is -2.10. The van der Waals surface area contributed by atoms with E-state index >= 15 is 0 Å². The van der Waals surface area contributed by atoms with Crippen molar-refractivity contribution in [2.75, 3.05) is 20.8 Å². The molecular weight excluding hydrogens is 410 g/mol. The number of carbonyl (C=O) groups is 2. The first-order valence-electron chi connectivity index (χ1n) is 10.2. The molecule has 8 heteroatoms. The van der Waals surface area contributed by atoms with Gasteiger partial charge in [0.1, 0.15) is 0 Å². The Bertz CT molecular complexity index is 1090. The predicted octanol–water partition coefficient (Wildman–Crippen LogP) is 3.04. The highest BCUT2D eigenvalue weighted by Crippen LogP contribution is 2.27. The van der Waals surface area contributed by atoms with Crippen LogP contribution in [0.15, 0.2) is 48.5 Å². The summed E-state index contributed by atoms with van der Waals surface area (Å²) < 4.78 is 17.4. The molecule has 168 valence electrons. The lowest BCUT2D eigenvalue weighted by Crippen LogP contribution is -2.28. The van der Waals surface area contributed by atoms with Gasteiger partial charge in [-0.05, 0) is 37.6 Å². The number of hydrogen-bond acceptors (Lipinski definition) is 6. The highest BCUT2D eigenvalue weighted by molar-refractivity contribution is 5.92. The minimum Gasteiger partial charge on any atom is -0.493 e. The van der Waals surface area contributed by atoms with Gasteiger partial charge in [0.25, 0.3) is 5.91 Å². The summed E-state index contributed by atoms with van der Waals surface area (Å²) in [5.41, 5.74) is 4.19. The number of nitrogens with one attached hydrogen (secondary N) is 1. The van der Waals surface area contributed by atoms with E-state index in [1.807, 2.05) is 48.9 Å². The number of benzene rings is 2. The molecule has 0 unspecified atom stereocenters. The number of hydrogen-bond donors (Lipinski definition) is 1. The molecule has 0 aliphatic rings. The maximum atomic E-state index is 12.3. The van der Waals surface area contributed by atoms with Crippen LogP contribution < -0.4 is 14.8 Å². The Morgan fingerprint density at radius 3 is 2.41 bits per heavy atom. The van der Waals surface area contributed by atoms with Crippen molar-refractivity contribution in [2.45, 2.75) is 26.9 Å². The average Bonchev–Trinajstić information content (AvgIpc) is 3.08. The van der Waals surface area contributed by atoms with Gasteiger partial charge in [0.15, 0.2) is 18.1 Å². The molecule has 2 aromatic carbocycles. The lowest BCUT2D eigenvalue weighted by atomic mass is 10.2. The molecule has 8 nitrogen and oxygen atoms in total. The molecule has 1 heterocycles. The summed E-state index contributed by atoms with van der Waals surface area (Å²) in [6, 6.07) is 14.7. The predicted molar refractivity (Wildman–Crippen MR) is 119 cm³/mol. The maximum Gasteiger partial charge on any atom is 0.338 e. The molecule has 0 radical (unpaired) electrons. The van der Waals surface area contributed by atoms with Crippen molar-refractivity contribution in [2.24, 2.45) is 0 Å². The minimum absolute atomic E-state index is 0.268. The third-order valence-electron chi connectivity index (χ3n) is 5.12. The smallest absolute Gasteiger partial charge is 0.338 e. The average molecular weight is 437 g/mol. The van der Waals surface area contributed by atoms with Gasteiger partial charge in [0.05, 0.1) is 32.0 Å². The van der Waals surface area contributed by atoms with Crippen LogP contribution in [0.3, 0.4) is 0 Å². The topological polar surface area (TPSA) is 91.7 Å². The van der Waals surface area contributed by atoms with E-state index in [0.29, 0.717) is 24.6 Å². The van der Waals surface area contributed by atoms with E-state index in [2.05, 4.69) is 10.4 Å². The monoisotopic (exact) mass is 437 g/mol. The van der Waals surface area contributed by atoms with Crippen molar-refractivity contribution < 1.29 is 23.8 Å². The molecule has 0 saturated carbocycles. The molecule has 32 heavy (non-hydrogen) atoms. The second-order valence-electron chi connectivity index (χ2n) is 7.22. The van der Waals surface area contributed by atoms with Crippen molar-refractivity contribution in [3.63, 3.8) is 0 Å². The van der Waals surface area contributed by atoms with Gasteiger partial charge in [-0.25, -0.2) is 4.79 Å². The standard InChI is InChI=1S/C24H27N3O5/c1-16-20(17(2)27(26-16)14-18-8-6-5-7-9-18)13-25-23(28)15-32-24(29)19-10-11-21(30-3)22(12-19)31-4/h5-12H,13-15H2,1-4H3,(H,25,28). The van der Waals surface area contributed by atoms with Gasteiger partial charge in [0, 0.05) is 17.8 Å². The van der Waals surface area contributed by atoms with E-state index in [1.165, 1.54) is 20.3 Å². The first-order valence-corrected chi connectivity index (χ1v) is 10.2. The number of aryl methyl sites for hydroxylation is 1. The Balaban J connectivity index is 1.54. The number of amides is 1. The van der Waals surface area contributed by atoms with Gasteiger partial charge < -0.3 is 19.5 Å². The quantitative estimate of drug-likeness (QED) is 0.518. The van der Waals surface area contributed by atoms with Crippen molar-refractivity contribution >= 4 is 11.9 Å². The molecule has 1 aromatic heterocycles. The number of rotatable bonds is 9. The highest BCUT2D eigenvalue weighted by atomic mass is 16.5. The molecule has 0 spiro atoms. The molecular formula is C24H27N3O5. The lowest BCUT2D eigenvalue weighted by molar-refractivity contribution is -0.124. The number of aromatic nitrogens is 2. The van der Waals surface area contributed by atoms with Gasteiger partial charge in [0.2, 0.25) is 0 Å². The number of carbonyl (C=O) groups excluding carboxylic acids is 2. The Kier molecular flexibility index (Phi) is 7.49. The zero-order valence-electron chi connectivity index (χ0n) is 18.7. The first-order chi connectivity index (χ1) is 15.4. The fraction of sp³-hybridized carbons (Fsp3) is 0.292. The number of methoxy groups -OCH3 is 2. The van der Waals surface area contributed by atoms with E-state index in [9.17, 15) is 9.59 Å². The number of nitrogens with zero attached hydrogens (tertiary/aromatic N) is 2. The molecule has 0 bridgehead atoms. The molecule has 1 N–H and O–H groups in total. The van der Waals surface area contributed by atoms with Gasteiger partial charge in [-0.15, -0.1) is 0 Å². The van der Waals surface area contributed by atoms with Gasteiger partial charge in [-0.3, -0.25) is 9.48 Å². The SMILES string of the molecule is COc1ccc(C(=O)OCC(=O)NCc2c(C)nn(Cc3ccccc3)c2C)cc1OC. The fourth-order valence-electron chi connectivity index (χ4n) is 3.32. The van der Waals surface area contributed by atoms with Crippen molar-refractivity contribution in [1.29, 1.82) is 0 Å². The highest BCUT2D eigenvalue weighted by Gasteiger charge is 2.16. The van der Waals surface area contributed by atoms with Crippen LogP contribution in [0, 0.1) is 13.8 Å². The number of esters is 1. The Labute approximate surface area is 187 Å². The molecule has 0 aliphatic heterocycles. The summed E-state index contributed by atoms with van der Waals surface area (Å²) in [5, 5.41) is 7.38. The maximum absolute atomic E-state index is 12.3. The first kappa shape index (κ1) is 22.9. The molecule has 1 amide bonds. The second kappa shape index (κ2) is 10.5. The van der Waals surface area contributed by atoms with Crippen molar-refractivity contribution in [3.05, 3.63) is 76.6 Å². The summed E-state index contributed by atoms with van der Waals surface area (Å²) in [4.78, 5) is 24.5. The number of ether oxygens (including phenoxy) is 3. The molecule has 0 saturated heterocycles. The summed E-state index contributed by atoms with van der Waals surface area (Å²) in [6.07, 6.45) is 0. The summed E-state index contributed by atoms with van der Waals surface area (Å²) in [5.74, 6) is -0.109. The van der Waals surface area contributed by atoms with Crippen LogP contribution in [0.5, 0.6) is 11.5 Å². The van der Waals surface area contributed by atoms with Crippen LogP contribution in [0.2, 0.25) is 0 Å². The van der Waals surface area contributed by atoms with Gasteiger partial charge in [-0.2, -0.15) is 5.10 Å². The molecule has 3 rings (SSSR count). The van der Waals surface area contributed by atoms with Crippen LogP contribution in [-0.4, -0.2) is 42.5 Å². The van der Waals surface area contributed by atoms with Crippen LogP contribution in [0.1, 0.15) is 32.9 Å². The molecule has 0 fully saturated rings. The summed E-state index contributed by atoms with van der Waals surface area (Å²) >= 11 is 0. The van der Waals surface area contributed by atoms with E-state index in [0.717, 1.165) is 22.5 Å². The van der Waals surface area contributed by atoms with Crippen molar-refractivity contribution in [1.82, 2.24) is 15.1 Å². The van der Waals surface area contributed by atoms with Crippen molar-refractivity contribution in [3.8, 4) is 11.5 Å². The zero-order chi connectivity index (χ0) is 23.1. The van der Waals surface area contributed by atoms with Crippen LogP contribution >= 0.6 is 0 Å². The van der Waals surface area contributed by atoms with E-state index in [-0.39, 0.29) is 12.2 Å². The largest absolute Gasteiger partial charge is 0.493 e. The molecule has 0 aliphatic carbocycles. The van der Waals surface area contributed by atoms with E-state index < -0.39 is 11.9 Å². The normalized spacial score (nSPS) is 10.5. The van der Waals surface area contributed by atoms with E-state index in [4.69, 9.17) is 14.2 Å². The molecule has 3 aromatic rings. The van der Waals surface area contributed by atoms with Gasteiger partial charge in [-0.1, -0.05) is 30.3 Å². The Morgan fingerprint density at radius 1 is 1.00 bits per heavy atom. The third-order valence-corrected chi connectivity index (χ3v) is 5.12. The van der Waals surface area contributed by atoms with Crippen LogP contribution in [0.25, 0.3) is 0 Å². The van der Waals surface area contributed by atoms with Crippen LogP contribution in [0.4, 0.5) is 0 Å². The Morgan fingerprint density at radius 2 is 1.72 bits per heavy atom. The third kappa shape index (κ3) is 5.46. The summed E-state index contributed by atoms with van der Waals surface area (Å²) in [7, 11) is 2.99. The minimum atomic E-state index is -0.621. The second-order valence-corrected chi connectivity index (χ2v) is 7.22. The summed E-state index contributed by atoms with van der Waals surface area (Å²) in [6.45, 7) is 4.46. The fourth-order valence-corrected chi connectivity index (χ4v) is 3.32. The molecule has 0 atom stereocenters. The van der Waals surface area contributed by atoms with E-state index in [1.54, 1.807) is 12.1 Å². The Hall–Kier alpha value is -3.81. The zero-order valence-corrected chi connectivity index (χ0v) is 18.7. The van der Waals surface area contributed by atoms with Gasteiger partial charge >= 0.3 is 5.97 Å². The van der Waals surface area contributed by atoms with Crippen LogP contribution in [-0.2, 0) is 22.6 Å².